The summed E-state index contributed by atoms with van der Waals surface area (Å²) < 4.78 is 5.96. The highest BCUT2D eigenvalue weighted by atomic mass is 16.5. The predicted molar refractivity (Wildman–Crippen MR) is 78.8 cm³/mol. The maximum Gasteiger partial charge on any atom is 0.0671 e. The number of hydrogen-bond donors (Lipinski definition) is 1. The van der Waals surface area contributed by atoms with Gasteiger partial charge < -0.3 is 10.1 Å². The SMILES string of the molecule is CC(C)CCNCC(C)OCC1CC=CCC1C. The first kappa shape index (κ1) is 15.7. The fraction of sp³-hybridized carbons (Fsp3) is 0.875. The lowest BCUT2D eigenvalue weighted by Crippen LogP contribution is -2.30. The van der Waals surface area contributed by atoms with E-state index in [1.165, 1.54) is 19.3 Å². The summed E-state index contributed by atoms with van der Waals surface area (Å²) in [6, 6.07) is 0. The van der Waals surface area contributed by atoms with Crippen LogP contribution < -0.4 is 5.32 Å². The minimum absolute atomic E-state index is 0.329. The highest BCUT2D eigenvalue weighted by Crippen LogP contribution is 2.25. The van der Waals surface area contributed by atoms with Crippen molar-refractivity contribution in [2.45, 2.75) is 53.1 Å². The molecule has 18 heavy (non-hydrogen) atoms. The maximum absolute atomic E-state index is 5.96. The van der Waals surface area contributed by atoms with Crippen LogP contribution in [0, 0.1) is 17.8 Å². The minimum atomic E-state index is 0.329. The molecule has 0 amide bonds. The van der Waals surface area contributed by atoms with Crippen molar-refractivity contribution in [3.63, 3.8) is 0 Å². The van der Waals surface area contributed by atoms with E-state index in [0.29, 0.717) is 12.0 Å². The van der Waals surface area contributed by atoms with Crippen molar-refractivity contribution in [1.29, 1.82) is 0 Å². The van der Waals surface area contributed by atoms with Crippen LogP contribution in [0.15, 0.2) is 12.2 Å². The van der Waals surface area contributed by atoms with Crippen molar-refractivity contribution in [2.75, 3.05) is 19.7 Å². The second-order valence-electron chi connectivity index (χ2n) is 6.21. The fourth-order valence-corrected chi connectivity index (χ4v) is 2.28. The normalized spacial score (nSPS) is 25.6. The number of ether oxygens (including phenoxy) is 1. The summed E-state index contributed by atoms with van der Waals surface area (Å²) in [5.41, 5.74) is 0. The summed E-state index contributed by atoms with van der Waals surface area (Å²) in [7, 11) is 0. The molecule has 1 aliphatic carbocycles. The average Bonchev–Trinajstić information content (AvgIpc) is 2.33. The molecule has 0 aromatic rings. The topological polar surface area (TPSA) is 21.3 Å². The van der Waals surface area contributed by atoms with Gasteiger partial charge in [0, 0.05) is 6.54 Å². The van der Waals surface area contributed by atoms with E-state index < -0.39 is 0 Å². The van der Waals surface area contributed by atoms with Gasteiger partial charge in [-0.25, -0.2) is 0 Å². The molecule has 0 bridgehead atoms. The van der Waals surface area contributed by atoms with Crippen molar-refractivity contribution in [2.24, 2.45) is 17.8 Å². The van der Waals surface area contributed by atoms with E-state index in [1.54, 1.807) is 0 Å². The van der Waals surface area contributed by atoms with E-state index in [-0.39, 0.29) is 0 Å². The zero-order valence-corrected chi connectivity index (χ0v) is 12.6. The largest absolute Gasteiger partial charge is 0.377 e. The molecule has 0 saturated heterocycles. The van der Waals surface area contributed by atoms with Gasteiger partial charge in [-0.15, -0.1) is 0 Å². The molecule has 0 heterocycles. The first-order valence-corrected chi connectivity index (χ1v) is 7.57. The summed E-state index contributed by atoms with van der Waals surface area (Å²) in [6.07, 6.45) is 8.59. The third-order valence-electron chi connectivity index (χ3n) is 3.84. The highest BCUT2D eigenvalue weighted by Gasteiger charge is 2.19. The molecule has 2 heteroatoms. The van der Waals surface area contributed by atoms with Crippen molar-refractivity contribution in [3.05, 3.63) is 12.2 Å². The van der Waals surface area contributed by atoms with Gasteiger partial charge in [0.1, 0.15) is 0 Å². The monoisotopic (exact) mass is 253 g/mol. The Morgan fingerprint density at radius 3 is 2.61 bits per heavy atom. The van der Waals surface area contributed by atoms with E-state index in [4.69, 9.17) is 4.74 Å². The molecule has 0 fully saturated rings. The Balaban J connectivity index is 2.05. The molecular formula is C16H31NO. The average molecular weight is 253 g/mol. The zero-order valence-electron chi connectivity index (χ0n) is 12.6. The standard InChI is InChI=1S/C16H31NO/c1-13(2)9-10-17-11-15(4)18-12-16-8-6-5-7-14(16)3/h5-6,13-17H,7-12H2,1-4H3. The Morgan fingerprint density at radius 2 is 1.94 bits per heavy atom. The summed E-state index contributed by atoms with van der Waals surface area (Å²) in [4.78, 5) is 0. The summed E-state index contributed by atoms with van der Waals surface area (Å²) >= 11 is 0. The molecule has 0 aliphatic heterocycles. The van der Waals surface area contributed by atoms with Gasteiger partial charge in [-0.05, 0) is 50.5 Å². The lowest BCUT2D eigenvalue weighted by Gasteiger charge is -2.26. The van der Waals surface area contributed by atoms with Gasteiger partial charge in [-0.2, -0.15) is 0 Å². The molecule has 106 valence electrons. The van der Waals surface area contributed by atoms with E-state index in [9.17, 15) is 0 Å². The van der Waals surface area contributed by atoms with Crippen molar-refractivity contribution >= 4 is 0 Å². The van der Waals surface area contributed by atoms with Gasteiger partial charge in [0.25, 0.3) is 0 Å². The number of allylic oxidation sites excluding steroid dienone is 2. The summed E-state index contributed by atoms with van der Waals surface area (Å²) in [5, 5.41) is 3.48. The van der Waals surface area contributed by atoms with Crippen LogP contribution in [-0.2, 0) is 4.74 Å². The van der Waals surface area contributed by atoms with Crippen LogP contribution in [0.1, 0.15) is 47.0 Å². The van der Waals surface area contributed by atoms with Crippen LogP contribution >= 0.6 is 0 Å². The Kier molecular flexibility index (Phi) is 7.60. The van der Waals surface area contributed by atoms with Crippen LogP contribution in [0.2, 0.25) is 0 Å². The Bertz CT molecular complexity index is 237. The van der Waals surface area contributed by atoms with Gasteiger partial charge in [-0.1, -0.05) is 32.9 Å². The molecule has 0 radical (unpaired) electrons. The lowest BCUT2D eigenvalue weighted by atomic mass is 9.85. The molecule has 1 rings (SSSR count). The van der Waals surface area contributed by atoms with Gasteiger partial charge >= 0.3 is 0 Å². The van der Waals surface area contributed by atoms with Crippen LogP contribution in [0.3, 0.4) is 0 Å². The number of rotatable bonds is 8. The minimum Gasteiger partial charge on any atom is -0.377 e. The summed E-state index contributed by atoms with van der Waals surface area (Å²) in [5.74, 6) is 2.27. The van der Waals surface area contributed by atoms with Crippen LogP contribution in [0.4, 0.5) is 0 Å². The third kappa shape index (κ3) is 6.55. The Hall–Kier alpha value is -0.340. The van der Waals surface area contributed by atoms with Crippen LogP contribution in [-0.4, -0.2) is 25.8 Å². The van der Waals surface area contributed by atoms with Crippen molar-refractivity contribution < 1.29 is 4.74 Å². The molecule has 0 saturated carbocycles. The second-order valence-corrected chi connectivity index (χ2v) is 6.21. The van der Waals surface area contributed by atoms with E-state index in [2.05, 4.69) is 45.2 Å². The van der Waals surface area contributed by atoms with Crippen LogP contribution in [0.5, 0.6) is 0 Å². The smallest absolute Gasteiger partial charge is 0.0671 e. The second kappa shape index (κ2) is 8.71. The number of hydrogen-bond acceptors (Lipinski definition) is 2. The van der Waals surface area contributed by atoms with Crippen LogP contribution in [0.25, 0.3) is 0 Å². The number of nitrogens with one attached hydrogen (secondary N) is 1. The first-order chi connectivity index (χ1) is 8.59. The Labute approximate surface area is 113 Å². The van der Waals surface area contributed by atoms with E-state index >= 15 is 0 Å². The molecule has 1 aliphatic rings. The zero-order chi connectivity index (χ0) is 13.4. The van der Waals surface area contributed by atoms with E-state index in [0.717, 1.165) is 31.5 Å². The first-order valence-electron chi connectivity index (χ1n) is 7.57. The maximum atomic E-state index is 5.96. The lowest BCUT2D eigenvalue weighted by molar-refractivity contribution is 0.0269. The van der Waals surface area contributed by atoms with Gasteiger partial charge in [-0.3, -0.25) is 0 Å². The summed E-state index contributed by atoms with van der Waals surface area (Å²) in [6.45, 7) is 12.0. The fourth-order valence-electron chi connectivity index (χ4n) is 2.28. The molecule has 0 aromatic carbocycles. The molecule has 3 unspecified atom stereocenters. The molecule has 3 atom stereocenters. The van der Waals surface area contributed by atoms with E-state index in [1.807, 2.05) is 0 Å². The quantitative estimate of drug-likeness (QED) is 0.527. The molecular weight excluding hydrogens is 222 g/mol. The van der Waals surface area contributed by atoms with Gasteiger partial charge in [0.2, 0.25) is 0 Å². The predicted octanol–water partition coefficient (Wildman–Crippen LogP) is 3.63. The Morgan fingerprint density at radius 1 is 1.22 bits per heavy atom. The molecule has 0 spiro atoms. The van der Waals surface area contributed by atoms with Gasteiger partial charge in [0.15, 0.2) is 0 Å². The molecule has 0 aromatic heterocycles. The van der Waals surface area contributed by atoms with Crippen molar-refractivity contribution in [3.8, 4) is 0 Å². The third-order valence-corrected chi connectivity index (χ3v) is 3.84. The molecule has 2 nitrogen and oxygen atoms in total. The van der Waals surface area contributed by atoms with Crippen molar-refractivity contribution in [1.82, 2.24) is 5.32 Å². The molecule has 1 N–H and O–H groups in total. The highest BCUT2D eigenvalue weighted by molar-refractivity contribution is 4.93. The van der Waals surface area contributed by atoms with Gasteiger partial charge in [0.05, 0.1) is 12.7 Å².